The number of carbonyl (C=O) groups is 1. The number of hydrogen-bond donors (Lipinski definition) is 1. The maximum atomic E-state index is 13.5. The van der Waals surface area contributed by atoms with Gasteiger partial charge in [-0.25, -0.2) is 8.78 Å². The number of carbonyl (C=O) groups excluding carboxylic acids is 1. The van der Waals surface area contributed by atoms with Crippen molar-refractivity contribution in [1.29, 1.82) is 0 Å². The Morgan fingerprint density at radius 1 is 1.29 bits per heavy atom. The lowest BCUT2D eigenvalue weighted by Crippen LogP contribution is -2.47. The lowest BCUT2D eigenvalue weighted by Gasteiger charge is -2.26. The van der Waals surface area contributed by atoms with Crippen LogP contribution in [-0.2, 0) is 4.74 Å². The topological polar surface area (TPSA) is 38.3 Å². The van der Waals surface area contributed by atoms with E-state index in [0.717, 1.165) is 31.4 Å². The summed E-state index contributed by atoms with van der Waals surface area (Å²) in [6.07, 6.45) is 3.20. The van der Waals surface area contributed by atoms with E-state index in [1.807, 2.05) is 0 Å². The maximum Gasteiger partial charge on any atom is 0.254 e. The molecule has 1 rings (SSSR count). The summed E-state index contributed by atoms with van der Waals surface area (Å²) in [6, 6.07) is 2.90. The van der Waals surface area contributed by atoms with Crippen LogP contribution in [-0.4, -0.2) is 24.7 Å². The molecule has 0 aliphatic carbocycles. The molecule has 0 aromatic heterocycles. The van der Waals surface area contributed by atoms with Crippen LogP contribution in [0.4, 0.5) is 8.78 Å². The summed E-state index contributed by atoms with van der Waals surface area (Å²) in [7, 11) is 0. The van der Waals surface area contributed by atoms with Crippen LogP contribution >= 0.6 is 0 Å². The second-order valence-corrected chi connectivity index (χ2v) is 5.72. The first kappa shape index (κ1) is 17.6. The van der Waals surface area contributed by atoms with E-state index in [1.54, 1.807) is 13.8 Å². The summed E-state index contributed by atoms with van der Waals surface area (Å²) >= 11 is 0. The summed E-state index contributed by atoms with van der Waals surface area (Å²) < 4.78 is 31.9. The highest BCUT2D eigenvalue weighted by Gasteiger charge is 2.23. The number of halogens is 2. The van der Waals surface area contributed by atoms with Crippen molar-refractivity contribution in [2.45, 2.75) is 45.6 Å². The van der Waals surface area contributed by atoms with E-state index in [4.69, 9.17) is 4.74 Å². The Balaban J connectivity index is 2.51. The number of nitrogens with one attached hydrogen (secondary N) is 1. The second kappa shape index (κ2) is 8.08. The minimum absolute atomic E-state index is 0.171. The Hall–Kier alpha value is -1.49. The van der Waals surface area contributed by atoms with E-state index in [2.05, 4.69) is 12.2 Å². The third-order valence-electron chi connectivity index (χ3n) is 2.98. The molecule has 0 aliphatic heterocycles. The zero-order chi connectivity index (χ0) is 15.9. The third kappa shape index (κ3) is 6.21. The van der Waals surface area contributed by atoms with Crippen LogP contribution in [0, 0.1) is 11.6 Å². The Kier molecular flexibility index (Phi) is 6.75. The summed E-state index contributed by atoms with van der Waals surface area (Å²) in [5.41, 5.74) is -0.792. The van der Waals surface area contributed by atoms with Crippen molar-refractivity contribution in [3.63, 3.8) is 0 Å². The molecule has 3 nitrogen and oxygen atoms in total. The van der Waals surface area contributed by atoms with Crippen molar-refractivity contribution in [2.24, 2.45) is 0 Å². The van der Waals surface area contributed by atoms with Crippen LogP contribution in [0.25, 0.3) is 0 Å². The summed E-state index contributed by atoms with van der Waals surface area (Å²) in [4.78, 5) is 12.0. The van der Waals surface area contributed by atoms with Crippen molar-refractivity contribution in [3.8, 4) is 0 Å². The number of unbranched alkanes of at least 4 members (excludes halogenated alkanes) is 2. The van der Waals surface area contributed by atoms with Crippen LogP contribution in [0.15, 0.2) is 18.2 Å². The zero-order valence-corrected chi connectivity index (χ0v) is 12.8. The molecule has 5 heteroatoms. The molecule has 0 radical (unpaired) electrons. The van der Waals surface area contributed by atoms with E-state index in [9.17, 15) is 13.6 Å². The van der Waals surface area contributed by atoms with Gasteiger partial charge in [-0.15, -0.1) is 0 Å². The molecule has 1 N–H and O–H groups in total. The fraction of sp³-hybridized carbons (Fsp3) is 0.562. The Morgan fingerprint density at radius 3 is 2.62 bits per heavy atom. The van der Waals surface area contributed by atoms with Crippen LogP contribution < -0.4 is 5.32 Å². The quantitative estimate of drug-likeness (QED) is 0.744. The van der Waals surface area contributed by atoms with Gasteiger partial charge in [0.25, 0.3) is 5.91 Å². The van der Waals surface area contributed by atoms with Crippen molar-refractivity contribution in [3.05, 3.63) is 35.4 Å². The highest BCUT2D eigenvalue weighted by molar-refractivity contribution is 5.94. The minimum Gasteiger partial charge on any atom is -0.379 e. The predicted octanol–water partition coefficient (Wildman–Crippen LogP) is 3.68. The predicted molar refractivity (Wildman–Crippen MR) is 78.2 cm³/mol. The Bertz CT molecular complexity index is 475. The largest absolute Gasteiger partial charge is 0.379 e. The molecule has 0 aliphatic rings. The average molecular weight is 299 g/mol. The van der Waals surface area contributed by atoms with E-state index >= 15 is 0 Å². The molecule has 0 heterocycles. The molecule has 0 fully saturated rings. The molecule has 1 aromatic carbocycles. The first-order chi connectivity index (χ1) is 9.85. The van der Waals surface area contributed by atoms with Gasteiger partial charge in [0.05, 0.1) is 17.7 Å². The van der Waals surface area contributed by atoms with Crippen molar-refractivity contribution in [2.75, 3.05) is 13.2 Å². The number of amides is 1. The number of ether oxygens (including phenoxy) is 1. The molecule has 0 spiro atoms. The second-order valence-electron chi connectivity index (χ2n) is 5.72. The number of benzene rings is 1. The number of hydrogen-bond acceptors (Lipinski definition) is 2. The molecule has 0 unspecified atom stereocenters. The minimum atomic E-state index is -0.868. The van der Waals surface area contributed by atoms with Gasteiger partial charge in [0.2, 0.25) is 0 Å². The van der Waals surface area contributed by atoms with Crippen molar-refractivity contribution < 1.29 is 18.3 Å². The molecule has 0 atom stereocenters. The molecule has 1 amide bonds. The van der Waals surface area contributed by atoms with Crippen LogP contribution in [0.1, 0.15) is 50.4 Å². The van der Waals surface area contributed by atoms with Gasteiger partial charge in [-0.2, -0.15) is 0 Å². The molecule has 21 heavy (non-hydrogen) atoms. The van der Waals surface area contributed by atoms with E-state index in [1.165, 1.54) is 0 Å². The lowest BCUT2D eigenvalue weighted by molar-refractivity contribution is 0.0667. The standard InChI is InChI=1S/C16H23F2NO2/c1-4-5-6-9-21-11-16(2,3)19-15(20)13-8-7-12(17)10-14(13)18/h7-8,10H,4-6,9,11H2,1-3H3,(H,19,20). The molecule has 0 saturated heterocycles. The van der Waals surface area contributed by atoms with Crippen molar-refractivity contribution in [1.82, 2.24) is 5.32 Å². The first-order valence-electron chi connectivity index (χ1n) is 7.21. The third-order valence-corrected chi connectivity index (χ3v) is 2.98. The van der Waals surface area contributed by atoms with Gasteiger partial charge in [-0.1, -0.05) is 19.8 Å². The van der Waals surface area contributed by atoms with Gasteiger partial charge < -0.3 is 10.1 Å². The normalized spacial score (nSPS) is 11.5. The Labute approximate surface area is 124 Å². The van der Waals surface area contributed by atoms with Crippen LogP contribution in [0.3, 0.4) is 0 Å². The first-order valence-corrected chi connectivity index (χ1v) is 7.21. The summed E-state index contributed by atoms with van der Waals surface area (Å²) in [5, 5.41) is 2.70. The lowest BCUT2D eigenvalue weighted by atomic mass is 10.1. The molecule has 118 valence electrons. The SMILES string of the molecule is CCCCCOCC(C)(C)NC(=O)c1ccc(F)cc1F. The van der Waals surface area contributed by atoms with Gasteiger partial charge in [0.15, 0.2) is 0 Å². The fourth-order valence-corrected chi connectivity index (χ4v) is 1.87. The number of rotatable bonds is 8. The van der Waals surface area contributed by atoms with Crippen molar-refractivity contribution >= 4 is 5.91 Å². The Morgan fingerprint density at radius 2 is 2.00 bits per heavy atom. The van der Waals surface area contributed by atoms with Gasteiger partial charge in [-0.3, -0.25) is 4.79 Å². The monoisotopic (exact) mass is 299 g/mol. The highest BCUT2D eigenvalue weighted by atomic mass is 19.1. The molecular weight excluding hydrogens is 276 g/mol. The van der Waals surface area contributed by atoms with E-state index in [-0.39, 0.29) is 5.56 Å². The van der Waals surface area contributed by atoms with Gasteiger partial charge in [0.1, 0.15) is 11.6 Å². The van der Waals surface area contributed by atoms with E-state index < -0.39 is 23.1 Å². The van der Waals surface area contributed by atoms with E-state index in [0.29, 0.717) is 19.3 Å². The molecule has 1 aromatic rings. The zero-order valence-electron chi connectivity index (χ0n) is 12.8. The molecule has 0 bridgehead atoms. The summed E-state index contributed by atoms with van der Waals surface area (Å²) in [5.74, 6) is -2.15. The highest BCUT2D eigenvalue weighted by Crippen LogP contribution is 2.12. The van der Waals surface area contributed by atoms with Crippen LogP contribution in [0.2, 0.25) is 0 Å². The maximum absolute atomic E-state index is 13.5. The molecule has 0 saturated carbocycles. The average Bonchev–Trinajstić information content (AvgIpc) is 2.37. The smallest absolute Gasteiger partial charge is 0.254 e. The van der Waals surface area contributed by atoms with Gasteiger partial charge >= 0.3 is 0 Å². The van der Waals surface area contributed by atoms with Gasteiger partial charge in [-0.05, 0) is 32.4 Å². The van der Waals surface area contributed by atoms with Crippen LogP contribution in [0.5, 0.6) is 0 Å². The fourth-order valence-electron chi connectivity index (χ4n) is 1.87. The summed E-state index contributed by atoms with van der Waals surface area (Å²) in [6.45, 7) is 6.68. The van der Waals surface area contributed by atoms with Gasteiger partial charge in [0, 0.05) is 12.7 Å². The molecular formula is C16H23F2NO2.